The molecule has 2 aromatic carbocycles. The van der Waals surface area contributed by atoms with Gasteiger partial charge in [-0.05, 0) is 47.5 Å². The van der Waals surface area contributed by atoms with Crippen LogP contribution in [0.1, 0.15) is 27.2 Å². The van der Waals surface area contributed by atoms with Gasteiger partial charge >= 0.3 is 6.03 Å². The summed E-state index contributed by atoms with van der Waals surface area (Å²) in [6.45, 7) is 0.158. The van der Waals surface area contributed by atoms with E-state index < -0.39 is 17.5 Å². The van der Waals surface area contributed by atoms with Gasteiger partial charge in [-0.15, -0.1) is 0 Å². The molecule has 1 fully saturated rings. The Morgan fingerprint density at radius 3 is 2.78 bits per heavy atom. The molecule has 3 aromatic rings. The van der Waals surface area contributed by atoms with Crippen molar-refractivity contribution in [1.82, 2.24) is 15.5 Å². The molecule has 0 radical (unpaired) electrons. The van der Waals surface area contributed by atoms with E-state index in [2.05, 4.69) is 15.8 Å². The van der Waals surface area contributed by atoms with Crippen LogP contribution in [-0.4, -0.2) is 47.8 Å². The second-order valence-electron chi connectivity index (χ2n) is 7.65. The van der Waals surface area contributed by atoms with E-state index in [9.17, 15) is 14.4 Å². The molecule has 10 nitrogen and oxygen atoms in total. The first-order valence-electron chi connectivity index (χ1n) is 9.75. The summed E-state index contributed by atoms with van der Waals surface area (Å²) in [5.74, 6) is -0.139. The number of urea groups is 1. The van der Waals surface area contributed by atoms with Crippen molar-refractivity contribution in [3.05, 3.63) is 64.9 Å². The minimum absolute atomic E-state index is 0.120. The fraction of sp³-hybridized carbons (Fsp3) is 0.182. The molecule has 32 heavy (non-hydrogen) atoms. The van der Waals surface area contributed by atoms with Crippen LogP contribution in [0.15, 0.2) is 52.0 Å². The topological polar surface area (TPSA) is 133 Å². The van der Waals surface area contributed by atoms with E-state index in [0.29, 0.717) is 27.8 Å². The zero-order chi connectivity index (χ0) is 22.5. The van der Waals surface area contributed by atoms with Crippen molar-refractivity contribution in [2.24, 2.45) is 5.16 Å². The van der Waals surface area contributed by atoms with Crippen LogP contribution in [0.4, 0.5) is 4.79 Å². The Labute approximate surface area is 181 Å². The summed E-state index contributed by atoms with van der Waals surface area (Å²) in [4.78, 5) is 39.6. The number of benzene rings is 2. The van der Waals surface area contributed by atoms with Crippen molar-refractivity contribution in [1.29, 1.82) is 0 Å². The molecule has 1 aromatic heterocycles. The summed E-state index contributed by atoms with van der Waals surface area (Å²) >= 11 is 0. The number of rotatable bonds is 5. The van der Waals surface area contributed by atoms with E-state index in [1.165, 1.54) is 18.2 Å². The van der Waals surface area contributed by atoms with Crippen LogP contribution >= 0.6 is 0 Å². The van der Waals surface area contributed by atoms with Gasteiger partial charge in [0.2, 0.25) is 0 Å². The Morgan fingerprint density at radius 1 is 1.22 bits per heavy atom. The number of carbonyl (C=O) groups is 3. The highest BCUT2D eigenvalue weighted by Gasteiger charge is 2.53. The van der Waals surface area contributed by atoms with Gasteiger partial charge in [0.1, 0.15) is 17.1 Å². The molecule has 2 aliphatic rings. The van der Waals surface area contributed by atoms with Gasteiger partial charge in [0, 0.05) is 17.5 Å². The highest BCUT2D eigenvalue weighted by molar-refractivity contribution is 6.08. The van der Waals surface area contributed by atoms with Gasteiger partial charge in [-0.25, -0.2) is 4.79 Å². The van der Waals surface area contributed by atoms with Crippen molar-refractivity contribution in [2.45, 2.75) is 12.1 Å². The Kier molecular flexibility index (Phi) is 4.36. The van der Waals surface area contributed by atoms with Gasteiger partial charge in [0.05, 0.1) is 19.9 Å². The van der Waals surface area contributed by atoms with Crippen LogP contribution in [0.25, 0.3) is 11.0 Å². The van der Waals surface area contributed by atoms with Gasteiger partial charge in [-0.2, -0.15) is 0 Å². The molecule has 0 spiro atoms. The van der Waals surface area contributed by atoms with Crippen LogP contribution < -0.4 is 15.4 Å². The normalized spacial score (nSPS) is 20.2. The van der Waals surface area contributed by atoms with Crippen molar-refractivity contribution >= 4 is 35.0 Å². The molecule has 3 heterocycles. The molecule has 3 N–H and O–H groups in total. The molecular weight excluding hydrogens is 416 g/mol. The first-order chi connectivity index (χ1) is 15.4. The Balaban J connectivity index is 1.54. The van der Waals surface area contributed by atoms with E-state index in [4.69, 9.17) is 14.4 Å². The summed E-state index contributed by atoms with van der Waals surface area (Å²) in [6, 6.07) is 11.3. The number of hydrogen-bond acceptors (Lipinski definition) is 7. The summed E-state index contributed by atoms with van der Waals surface area (Å²) in [7, 11) is 1.52. The predicted molar refractivity (Wildman–Crippen MR) is 112 cm³/mol. The zero-order valence-electron chi connectivity index (χ0n) is 16.9. The van der Waals surface area contributed by atoms with E-state index in [-0.39, 0.29) is 24.8 Å². The number of imide groups is 1. The number of methoxy groups -OCH3 is 1. The fourth-order valence-electron chi connectivity index (χ4n) is 4.15. The minimum atomic E-state index is -1.59. The number of hydrogen-bond donors (Lipinski definition) is 3. The standard InChI is InChI=1S/C22H18N4O6/c1-31-15-4-3-13-10-26(19(27)16(13)8-15)11-22(20(28)24-21(29)25-22)18-7-14-6-12(9-23-30)2-5-17(14)32-18/h2-9,30H,10-11H2,1H3,(H2,24,25,28,29)/b23-9+/t22-/m0/s1. The highest BCUT2D eigenvalue weighted by atomic mass is 16.5. The molecule has 162 valence electrons. The second kappa shape index (κ2) is 7.12. The molecule has 0 aliphatic carbocycles. The Bertz CT molecular complexity index is 1310. The van der Waals surface area contributed by atoms with E-state index in [1.54, 1.807) is 42.5 Å². The summed E-state index contributed by atoms with van der Waals surface area (Å²) in [5.41, 5.74) is 0.794. The number of nitrogens with one attached hydrogen (secondary N) is 2. The summed E-state index contributed by atoms with van der Waals surface area (Å²) < 4.78 is 11.1. The Morgan fingerprint density at radius 2 is 2.06 bits per heavy atom. The molecule has 0 bridgehead atoms. The molecular formula is C22H18N4O6. The Hall–Kier alpha value is -4.34. The van der Waals surface area contributed by atoms with Crippen molar-refractivity contribution in [2.75, 3.05) is 13.7 Å². The SMILES string of the molecule is COc1ccc2c(c1)C(=O)N(C[C@@]1(c3cc4cc(/C=N/O)ccc4o3)NC(=O)NC1=O)C2. The lowest BCUT2D eigenvalue weighted by molar-refractivity contribution is -0.125. The van der Waals surface area contributed by atoms with Gasteiger partial charge < -0.3 is 24.6 Å². The molecule has 1 atom stereocenters. The number of nitrogens with zero attached hydrogens (tertiary/aromatic N) is 2. The number of carbonyl (C=O) groups excluding carboxylic acids is 3. The largest absolute Gasteiger partial charge is 0.497 e. The maximum atomic E-state index is 13.1. The molecule has 2 aliphatic heterocycles. The smallest absolute Gasteiger partial charge is 0.322 e. The van der Waals surface area contributed by atoms with E-state index in [1.807, 2.05) is 0 Å². The number of amides is 4. The lowest BCUT2D eigenvalue weighted by Gasteiger charge is -2.29. The molecule has 5 rings (SSSR count). The molecule has 1 saturated heterocycles. The van der Waals surface area contributed by atoms with Gasteiger partial charge in [0.25, 0.3) is 11.8 Å². The lowest BCUT2D eigenvalue weighted by atomic mass is 9.95. The summed E-state index contributed by atoms with van der Waals surface area (Å²) in [6.07, 6.45) is 1.26. The minimum Gasteiger partial charge on any atom is -0.497 e. The first kappa shape index (κ1) is 19.6. The maximum absolute atomic E-state index is 13.1. The van der Waals surface area contributed by atoms with Crippen LogP contribution in [0.5, 0.6) is 5.75 Å². The highest BCUT2D eigenvalue weighted by Crippen LogP contribution is 2.35. The fourth-order valence-corrected chi connectivity index (χ4v) is 4.15. The predicted octanol–water partition coefficient (Wildman–Crippen LogP) is 1.94. The summed E-state index contributed by atoms with van der Waals surface area (Å²) in [5, 5.41) is 17.3. The monoisotopic (exact) mass is 434 g/mol. The quantitative estimate of drug-likeness (QED) is 0.243. The van der Waals surface area contributed by atoms with Gasteiger partial charge in [0.15, 0.2) is 5.54 Å². The average Bonchev–Trinajstić information content (AvgIpc) is 3.42. The first-order valence-corrected chi connectivity index (χ1v) is 9.75. The van der Waals surface area contributed by atoms with Gasteiger partial charge in [-0.1, -0.05) is 11.2 Å². The van der Waals surface area contributed by atoms with Gasteiger partial charge in [-0.3, -0.25) is 14.9 Å². The van der Waals surface area contributed by atoms with Crippen LogP contribution in [0.2, 0.25) is 0 Å². The zero-order valence-corrected chi connectivity index (χ0v) is 16.9. The number of furan rings is 1. The van der Waals surface area contributed by atoms with Crippen molar-refractivity contribution in [3.63, 3.8) is 0 Å². The third-order valence-corrected chi connectivity index (χ3v) is 5.73. The second-order valence-corrected chi connectivity index (χ2v) is 7.65. The molecule has 0 saturated carbocycles. The van der Waals surface area contributed by atoms with Crippen LogP contribution in [0, 0.1) is 0 Å². The average molecular weight is 434 g/mol. The van der Waals surface area contributed by atoms with E-state index in [0.717, 1.165) is 5.56 Å². The number of ether oxygens (including phenoxy) is 1. The molecule has 0 unspecified atom stereocenters. The third-order valence-electron chi connectivity index (χ3n) is 5.73. The van der Waals surface area contributed by atoms with Crippen LogP contribution in [0.3, 0.4) is 0 Å². The lowest BCUT2D eigenvalue weighted by Crippen LogP contribution is -2.52. The third kappa shape index (κ3) is 2.96. The maximum Gasteiger partial charge on any atom is 0.322 e. The molecule has 4 amide bonds. The van der Waals surface area contributed by atoms with Crippen molar-refractivity contribution in [3.8, 4) is 5.75 Å². The van der Waals surface area contributed by atoms with Crippen molar-refractivity contribution < 1.29 is 28.7 Å². The van der Waals surface area contributed by atoms with Crippen LogP contribution in [-0.2, 0) is 16.9 Å². The number of oxime groups is 1. The van der Waals surface area contributed by atoms with E-state index >= 15 is 0 Å². The number of fused-ring (bicyclic) bond motifs is 2. The molecule has 10 heteroatoms.